The van der Waals surface area contributed by atoms with Gasteiger partial charge in [-0.1, -0.05) is 18.3 Å². The van der Waals surface area contributed by atoms with Crippen LogP contribution >= 0.6 is 11.3 Å². The Morgan fingerprint density at radius 3 is 2.80 bits per heavy atom. The van der Waals surface area contributed by atoms with E-state index in [1.165, 1.54) is 24.1 Å². The van der Waals surface area contributed by atoms with Gasteiger partial charge in [0.15, 0.2) is 0 Å². The van der Waals surface area contributed by atoms with Gasteiger partial charge in [-0.05, 0) is 25.3 Å². The highest BCUT2D eigenvalue weighted by Gasteiger charge is 2.24. The van der Waals surface area contributed by atoms with Gasteiger partial charge in [0, 0.05) is 48.0 Å². The Balaban J connectivity index is 1.91. The van der Waals surface area contributed by atoms with Crippen molar-refractivity contribution in [3.05, 3.63) is 21.9 Å². The predicted molar refractivity (Wildman–Crippen MR) is 82.7 cm³/mol. The zero-order valence-corrected chi connectivity index (χ0v) is 12.7. The normalized spacial score (nSPS) is 14.9. The van der Waals surface area contributed by atoms with E-state index >= 15 is 0 Å². The largest absolute Gasteiger partial charge is 0.396 e. The number of thiophene rings is 1. The van der Waals surface area contributed by atoms with E-state index in [9.17, 15) is 0 Å². The van der Waals surface area contributed by atoms with Crippen LogP contribution in [0.1, 0.15) is 42.5 Å². The molecule has 1 aliphatic carbocycles. The lowest BCUT2D eigenvalue weighted by atomic mass is 9.91. The van der Waals surface area contributed by atoms with Gasteiger partial charge in [0.25, 0.3) is 0 Å². The molecule has 0 bridgehead atoms. The Kier molecular flexibility index (Phi) is 6.55. The number of hydrogen-bond acceptors (Lipinski definition) is 4. The van der Waals surface area contributed by atoms with E-state index in [0.717, 1.165) is 25.1 Å². The summed E-state index contributed by atoms with van der Waals surface area (Å²) in [5.74, 6) is 6.04. The number of aliphatic hydroxyl groups excluding tert-OH is 2. The van der Waals surface area contributed by atoms with E-state index in [4.69, 9.17) is 10.2 Å². The standard InChI is InChI=1S/C16H23NO2S/c18-9-2-1-5-14-11-16(20-13-14)12-17(8-4-10-19)15-6-3-7-15/h11,13,15,18-19H,2-4,6-10,12H2. The maximum absolute atomic E-state index is 9.02. The highest BCUT2D eigenvalue weighted by Crippen LogP contribution is 2.27. The molecule has 20 heavy (non-hydrogen) atoms. The smallest absolute Gasteiger partial charge is 0.0540 e. The van der Waals surface area contributed by atoms with Crippen molar-refractivity contribution in [2.75, 3.05) is 19.8 Å². The van der Waals surface area contributed by atoms with Crippen LogP contribution in [0.25, 0.3) is 0 Å². The molecule has 1 heterocycles. The average molecular weight is 293 g/mol. The van der Waals surface area contributed by atoms with Gasteiger partial charge in [-0.15, -0.1) is 11.3 Å². The van der Waals surface area contributed by atoms with Crippen LogP contribution in [-0.2, 0) is 6.54 Å². The maximum atomic E-state index is 9.02. The van der Waals surface area contributed by atoms with Crippen molar-refractivity contribution in [2.24, 2.45) is 0 Å². The number of nitrogens with zero attached hydrogens (tertiary/aromatic N) is 1. The van der Waals surface area contributed by atoms with Gasteiger partial charge in [0.2, 0.25) is 0 Å². The molecule has 1 fully saturated rings. The molecule has 0 atom stereocenters. The van der Waals surface area contributed by atoms with Crippen LogP contribution in [-0.4, -0.2) is 40.9 Å². The zero-order valence-electron chi connectivity index (χ0n) is 11.8. The molecule has 1 aromatic rings. The van der Waals surface area contributed by atoms with Gasteiger partial charge in [0.1, 0.15) is 0 Å². The Morgan fingerprint density at radius 2 is 2.15 bits per heavy atom. The first-order chi connectivity index (χ1) is 9.83. The summed E-state index contributed by atoms with van der Waals surface area (Å²) in [4.78, 5) is 3.83. The van der Waals surface area contributed by atoms with Crippen LogP contribution in [0.3, 0.4) is 0 Å². The third kappa shape index (κ3) is 4.60. The summed E-state index contributed by atoms with van der Waals surface area (Å²) >= 11 is 1.75. The van der Waals surface area contributed by atoms with Crippen LogP contribution in [0, 0.1) is 11.8 Å². The topological polar surface area (TPSA) is 43.7 Å². The highest BCUT2D eigenvalue weighted by atomic mass is 32.1. The Morgan fingerprint density at radius 1 is 1.30 bits per heavy atom. The molecule has 2 rings (SSSR count). The molecular weight excluding hydrogens is 270 g/mol. The second kappa shape index (κ2) is 8.43. The molecule has 0 spiro atoms. The van der Waals surface area contributed by atoms with E-state index < -0.39 is 0 Å². The Labute approximate surface area is 125 Å². The maximum Gasteiger partial charge on any atom is 0.0540 e. The van der Waals surface area contributed by atoms with E-state index in [2.05, 4.69) is 28.2 Å². The monoisotopic (exact) mass is 293 g/mol. The van der Waals surface area contributed by atoms with E-state index in [-0.39, 0.29) is 13.2 Å². The molecule has 3 nitrogen and oxygen atoms in total. The number of hydrogen-bond donors (Lipinski definition) is 2. The lowest BCUT2D eigenvalue weighted by Gasteiger charge is -2.37. The lowest BCUT2D eigenvalue weighted by molar-refractivity contribution is 0.110. The van der Waals surface area contributed by atoms with Crippen LogP contribution in [0.4, 0.5) is 0 Å². The Hall–Kier alpha value is -0.860. The van der Waals surface area contributed by atoms with Crippen LogP contribution < -0.4 is 0 Å². The molecule has 0 aliphatic heterocycles. The SMILES string of the molecule is OCCC#Cc1csc(CN(CCCO)C2CCC2)c1. The summed E-state index contributed by atoms with van der Waals surface area (Å²) in [6.07, 6.45) is 5.31. The van der Waals surface area contributed by atoms with E-state index in [1.807, 2.05) is 0 Å². The van der Waals surface area contributed by atoms with Gasteiger partial charge >= 0.3 is 0 Å². The zero-order chi connectivity index (χ0) is 14.2. The second-order valence-corrected chi connectivity index (χ2v) is 6.21. The van der Waals surface area contributed by atoms with E-state index in [0.29, 0.717) is 12.5 Å². The number of aliphatic hydroxyl groups is 2. The van der Waals surface area contributed by atoms with Crippen LogP contribution in [0.15, 0.2) is 11.4 Å². The molecule has 4 heteroatoms. The first-order valence-electron chi connectivity index (χ1n) is 7.35. The van der Waals surface area contributed by atoms with Crippen molar-refractivity contribution in [2.45, 2.75) is 44.7 Å². The molecule has 110 valence electrons. The van der Waals surface area contributed by atoms with Crippen molar-refractivity contribution < 1.29 is 10.2 Å². The third-order valence-corrected chi connectivity index (χ3v) is 4.60. The molecule has 0 amide bonds. The molecule has 1 aliphatic rings. The van der Waals surface area contributed by atoms with Crippen molar-refractivity contribution in [1.82, 2.24) is 4.90 Å². The van der Waals surface area contributed by atoms with Gasteiger partial charge in [-0.25, -0.2) is 0 Å². The number of rotatable bonds is 7. The third-order valence-electron chi connectivity index (χ3n) is 3.68. The van der Waals surface area contributed by atoms with E-state index in [1.54, 1.807) is 11.3 Å². The minimum Gasteiger partial charge on any atom is -0.396 e. The van der Waals surface area contributed by atoms with Gasteiger partial charge < -0.3 is 10.2 Å². The van der Waals surface area contributed by atoms with Gasteiger partial charge in [0.05, 0.1) is 6.61 Å². The first kappa shape index (κ1) is 15.5. The van der Waals surface area contributed by atoms with Crippen LogP contribution in [0.5, 0.6) is 0 Å². The molecular formula is C16H23NO2S. The molecule has 1 saturated carbocycles. The molecule has 1 aromatic heterocycles. The fraction of sp³-hybridized carbons (Fsp3) is 0.625. The molecule has 2 N–H and O–H groups in total. The molecule has 0 aromatic carbocycles. The van der Waals surface area contributed by atoms with Crippen LogP contribution in [0.2, 0.25) is 0 Å². The summed E-state index contributed by atoms with van der Waals surface area (Å²) in [6, 6.07) is 2.85. The molecule has 0 unspecified atom stereocenters. The summed E-state index contributed by atoms with van der Waals surface area (Å²) in [6.45, 7) is 2.34. The minimum absolute atomic E-state index is 0.126. The van der Waals surface area contributed by atoms with Crippen molar-refractivity contribution in [1.29, 1.82) is 0 Å². The minimum atomic E-state index is 0.126. The Bertz CT molecular complexity index is 457. The average Bonchev–Trinajstić information content (AvgIpc) is 2.82. The fourth-order valence-corrected chi connectivity index (χ4v) is 3.21. The first-order valence-corrected chi connectivity index (χ1v) is 8.23. The summed E-state index contributed by atoms with van der Waals surface area (Å²) < 4.78 is 0. The lowest BCUT2D eigenvalue weighted by Crippen LogP contribution is -2.40. The summed E-state index contributed by atoms with van der Waals surface area (Å²) in [5, 5.41) is 19.8. The fourth-order valence-electron chi connectivity index (χ4n) is 2.37. The summed E-state index contributed by atoms with van der Waals surface area (Å²) in [7, 11) is 0. The second-order valence-electron chi connectivity index (χ2n) is 5.21. The highest BCUT2D eigenvalue weighted by molar-refractivity contribution is 7.10. The van der Waals surface area contributed by atoms with Gasteiger partial charge in [-0.3, -0.25) is 4.90 Å². The quantitative estimate of drug-likeness (QED) is 0.758. The van der Waals surface area contributed by atoms with Gasteiger partial charge in [-0.2, -0.15) is 0 Å². The molecule has 0 saturated heterocycles. The van der Waals surface area contributed by atoms with Crippen molar-refractivity contribution >= 4 is 11.3 Å². The predicted octanol–water partition coefficient (Wildman–Crippen LogP) is 2.22. The van der Waals surface area contributed by atoms with Crippen molar-refractivity contribution in [3.8, 4) is 11.8 Å². The summed E-state index contributed by atoms with van der Waals surface area (Å²) in [5.41, 5.74) is 1.05. The molecule has 0 radical (unpaired) electrons. The van der Waals surface area contributed by atoms with Crippen molar-refractivity contribution in [3.63, 3.8) is 0 Å².